The maximum Gasteiger partial charge on any atom is 0.413 e. The number of nitrogens with zero attached hydrogens (tertiary/aromatic N) is 1. The van der Waals surface area contributed by atoms with Gasteiger partial charge >= 0.3 is 6.09 Å². The Labute approximate surface area is 146 Å². The molecule has 0 spiro atoms. The average Bonchev–Trinajstić information content (AvgIpc) is 2.59. The minimum absolute atomic E-state index is 0.0887. The topological polar surface area (TPSA) is 92.8 Å². The molecule has 2 amide bonds. The van der Waals surface area contributed by atoms with Gasteiger partial charge in [0.15, 0.2) is 0 Å². The van der Waals surface area contributed by atoms with Gasteiger partial charge in [0.25, 0.3) is 0 Å². The number of nitrogens with one attached hydrogen (secondary N) is 1. The number of imide groups is 1. The highest BCUT2D eigenvalue weighted by molar-refractivity contribution is 7.89. The van der Waals surface area contributed by atoms with E-state index in [0.29, 0.717) is 0 Å². The third-order valence-corrected chi connectivity index (χ3v) is 5.47. The maximum absolute atomic E-state index is 12.8. The second-order valence-corrected chi connectivity index (χ2v) is 7.15. The zero-order valence-electron chi connectivity index (χ0n) is 14.1. The van der Waals surface area contributed by atoms with Gasteiger partial charge in [0.2, 0.25) is 15.9 Å². The Hall–Kier alpha value is -2.45. The fourth-order valence-corrected chi connectivity index (χ4v) is 3.77. The van der Waals surface area contributed by atoms with Crippen LogP contribution in [0.1, 0.15) is 13.8 Å². The van der Waals surface area contributed by atoms with Crippen molar-refractivity contribution in [2.24, 2.45) is 0 Å². The van der Waals surface area contributed by atoms with Gasteiger partial charge in [-0.1, -0.05) is 37.3 Å². The number of carbonyl (C=O) groups excluding carboxylic acids is 2. The Morgan fingerprint density at radius 3 is 2.40 bits per heavy atom. The van der Waals surface area contributed by atoms with E-state index in [4.69, 9.17) is 0 Å². The quantitative estimate of drug-likeness (QED) is 0.847. The van der Waals surface area contributed by atoms with Crippen LogP contribution in [-0.2, 0) is 19.6 Å². The van der Waals surface area contributed by atoms with Gasteiger partial charge < -0.3 is 4.74 Å². The summed E-state index contributed by atoms with van der Waals surface area (Å²) in [5, 5.41) is 3.70. The molecule has 134 valence electrons. The van der Waals surface area contributed by atoms with E-state index in [1.54, 1.807) is 26.0 Å². The molecule has 25 heavy (non-hydrogen) atoms. The molecule has 2 aromatic rings. The zero-order chi connectivity index (χ0) is 18.4. The second kappa shape index (κ2) is 8.09. The molecule has 1 N–H and O–H groups in total. The van der Waals surface area contributed by atoms with Crippen molar-refractivity contribution in [1.82, 2.24) is 9.62 Å². The Morgan fingerprint density at radius 1 is 1.08 bits per heavy atom. The van der Waals surface area contributed by atoms with E-state index < -0.39 is 28.6 Å². The van der Waals surface area contributed by atoms with Gasteiger partial charge in [0.1, 0.15) is 0 Å². The fraction of sp³-hybridized carbons (Fsp3) is 0.294. The van der Waals surface area contributed by atoms with Crippen LogP contribution in [0.4, 0.5) is 4.79 Å². The molecule has 0 aromatic heterocycles. The Bertz CT molecular complexity index is 879. The first-order chi connectivity index (χ1) is 11.9. The molecule has 0 aliphatic rings. The number of hydrogen-bond donors (Lipinski definition) is 1. The molecule has 0 radical (unpaired) electrons. The normalized spacial score (nSPS) is 11.5. The van der Waals surface area contributed by atoms with Crippen LogP contribution < -0.4 is 5.32 Å². The van der Waals surface area contributed by atoms with Crippen molar-refractivity contribution in [2.75, 3.05) is 19.7 Å². The van der Waals surface area contributed by atoms with E-state index in [2.05, 4.69) is 4.74 Å². The number of likely N-dealkylation sites (N-methyl/N-ethyl adjacent to an activating group) is 1. The van der Waals surface area contributed by atoms with Crippen molar-refractivity contribution >= 4 is 32.8 Å². The molecule has 7 nitrogen and oxygen atoms in total. The summed E-state index contributed by atoms with van der Waals surface area (Å²) < 4.78 is 31.2. The molecular weight excluding hydrogens is 344 g/mol. The standard InChI is InChI=1S/C17H20N2O5S/c1-3-19(12-16(20)18-17(21)24-4-2)25(22,23)15-10-9-13-7-5-6-8-14(13)11-15/h5-11H,3-4,12H2,1-2H3,(H,18,20,21). The van der Waals surface area contributed by atoms with Crippen LogP contribution in [0.15, 0.2) is 47.4 Å². The number of amides is 2. The summed E-state index contributed by atoms with van der Waals surface area (Å²) in [7, 11) is -3.87. The Morgan fingerprint density at radius 2 is 1.76 bits per heavy atom. The van der Waals surface area contributed by atoms with E-state index in [9.17, 15) is 18.0 Å². The first kappa shape index (κ1) is 18.9. The molecule has 0 saturated heterocycles. The second-order valence-electron chi connectivity index (χ2n) is 5.21. The molecule has 0 aliphatic carbocycles. The van der Waals surface area contributed by atoms with Crippen molar-refractivity contribution < 1.29 is 22.7 Å². The lowest BCUT2D eigenvalue weighted by molar-refractivity contribution is -0.120. The molecule has 0 fully saturated rings. The van der Waals surface area contributed by atoms with Crippen molar-refractivity contribution in [3.63, 3.8) is 0 Å². The monoisotopic (exact) mass is 364 g/mol. The summed E-state index contributed by atoms with van der Waals surface area (Å²) in [6, 6.07) is 12.2. The Balaban J connectivity index is 2.22. The number of sulfonamides is 1. The summed E-state index contributed by atoms with van der Waals surface area (Å²) in [5.41, 5.74) is 0. The third kappa shape index (κ3) is 4.55. The summed E-state index contributed by atoms with van der Waals surface area (Å²) >= 11 is 0. The number of alkyl carbamates (subject to hydrolysis) is 1. The van der Waals surface area contributed by atoms with E-state index in [-0.39, 0.29) is 18.0 Å². The largest absolute Gasteiger partial charge is 0.450 e. The van der Waals surface area contributed by atoms with Crippen molar-refractivity contribution in [1.29, 1.82) is 0 Å². The first-order valence-electron chi connectivity index (χ1n) is 7.84. The lowest BCUT2D eigenvalue weighted by Crippen LogP contribution is -2.42. The maximum atomic E-state index is 12.8. The molecule has 0 aliphatic heterocycles. The summed E-state index contributed by atoms with van der Waals surface area (Å²) in [5.74, 6) is -0.746. The number of fused-ring (bicyclic) bond motifs is 1. The zero-order valence-corrected chi connectivity index (χ0v) is 14.9. The molecular formula is C17H20N2O5S. The smallest absolute Gasteiger partial charge is 0.413 e. The van der Waals surface area contributed by atoms with Gasteiger partial charge in [-0.25, -0.2) is 13.2 Å². The van der Waals surface area contributed by atoms with Gasteiger partial charge in [0, 0.05) is 6.54 Å². The highest BCUT2D eigenvalue weighted by Gasteiger charge is 2.26. The van der Waals surface area contributed by atoms with Gasteiger partial charge in [-0.3, -0.25) is 10.1 Å². The van der Waals surface area contributed by atoms with E-state index in [0.717, 1.165) is 15.1 Å². The van der Waals surface area contributed by atoms with Crippen LogP contribution in [0.3, 0.4) is 0 Å². The fourth-order valence-electron chi connectivity index (χ4n) is 2.32. The van der Waals surface area contributed by atoms with Gasteiger partial charge in [-0.2, -0.15) is 4.31 Å². The molecule has 0 atom stereocenters. The minimum Gasteiger partial charge on any atom is -0.450 e. The van der Waals surface area contributed by atoms with E-state index in [1.807, 2.05) is 29.6 Å². The minimum atomic E-state index is -3.87. The van der Waals surface area contributed by atoms with Crippen LogP contribution in [0.5, 0.6) is 0 Å². The number of carbonyl (C=O) groups is 2. The highest BCUT2D eigenvalue weighted by Crippen LogP contribution is 2.21. The predicted octanol–water partition coefficient (Wildman–Crippen LogP) is 2.12. The van der Waals surface area contributed by atoms with Crippen LogP contribution in [0.2, 0.25) is 0 Å². The van der Waals surface area contributed by atoms with Gasteiger partial charge in [-0.15, -0.1) is 0 Å². The number of benzene rings is 2. The number of hydrogen-bond acceptors (Lipinski definition) is 5. The van der Waals surface area contributed by atoms with E-state index in [1.165, 1.54) is 6.07 Å². The number of ether oxygens (including phenoxy) is 1. The van der Waals surface area contributed by atoms with Crippen molar-refractivity contribution in [3.8, 4) is 0 Å². The van der Waals surface area contributed by atoms with Crippen LogP contribution in [0.25, 0.3) is 10.8 Å². The van der Waals surface area contributed by atoms with Crippen LogP contribution in [-0.4, -0.2) is 44.4 Å². The van der Waals surface area contributed by atoms with Crippen molar-refractivity contribution in [2.45, 2.75) is 18.7 Å². The summed E-state index contributed by atoms with van der Waals surface area (Å²) in [6.45, 7) is 2.96. The lowest BCUT2D eigenvalue weighted by Gasteiger charge is -2.20. The highest BCUT2D eigenvalue weighted by atomic mass is 32.2. The molecule has 0 unspecified atom stereocenters. The number of rotatable bonds is 6. The lowest BCUT2D eigenvalue weighted by atomic mass is 10.1. The Kier molecular flexibility index (Phi) is 6.11. The molecule has 8 heteroatoms. The third-order valence-electron chi connectivity index (χ3n) is 3.55. The first-order valence-corrected chi connectivity index (χ1v) is 9.28. The van der Waals surface area contributed by atoms with Crippen LogP contribution >= 0.6 is 0 Å². The summed E-state index contributed by atoms with van der Waals surface area (Å²) in [6.07, 6.45) is -0.897. The molecule has 0 heterocycles. The van der Waals surface area contributed by atoms with Gasteiger partial charge in [-0.05, 0) is 29.8 Å². The van der Waals surface area contributed by atoms with Gasteiger partial charge in [0.05, 0.1) is 18.0 Å². The molecule has 0 bridgehead atoms. The van der Waals surface area contributed by atoms with Crippen molar-refractivity contribution in [3.05, 3.63) is 42.5 Å². The molecule has 0 saturated carbocycles. The summed E-state index contributed by atoms with van der Waals surface area (Å²) in [4.78, 5) is 23.2. The average molecular weight is 364 g/mol. The molecule has 2 aromatic carbocycles. The van der Waals surface area contributed by atoms with Crippen LogP contribution in [0, 0.1) is 0 Å². The predicted molar refractivity (Wildman–Crippen MR) is 93.5 cm³/mol. The molecule has 2 rings (SSSR count). The van der Waals surface area contributed by atoms with E-state index >= 15 is 0 Å². The SMILES string of the molecule is CCOC(=O)NC(=O)CN(CC)S(=O)(=O)c1ccc2ccccc2c1.